The van der Waals surface area contributed by atoms with Gasteiger partial charge in [-0.25, -0.2) is 9.78 Å². The zero-order chi connectivity index (χ0) is 26.6. The number of benzene rings is 2. The first-order valence-corrected chi connectivity index (χ1v) is 13.5. The third-order valence-electron chi connectivity index (χ3n) is 7.43. The zero-order valence-electron chi connectivity index (χ0n) is 21.5. The molecule has 2 atom stereocenters. The van der Waals surface area contributed by atoms with Crippen molar-refractivity contribution in [1.82, 2.24) is 9.88 Å². The van der Waals surface area contributed by atoms with Crippen LogP contribution in [-0.2, 0) is 0 Å². The van der Waals surface area contributed by atoms with Crippen LogP contribution in [0.1, 0.15) is 28.6 Å². The number of ether oxygens (including phenoxy) is 1. The van der Waals surface area contributed by atoms with Gasteiger partial charge < -0.3 is 15.4 Å². The molecule has 1 saturated heterocycles. The number of urea groups is 1. The molecule has 2 aromatic carbocycles. The van der Waals surface area contributed by atoms with Gasteiger partial charge in [-0.05, 0) is 74.8 Å². The third kappa shape index (κ3) is 3.99. The van der Waals surface area contributed by atoms with E-state index in [0.29, 0.717) is 26.8 Å². The number of aromatic nitrogens is 1. The average molecular weight is 528 g/mol. The van der Waals surface area contributed by atoms with Crippen LogP contribution in [0, 0.1) is 12.8 Å². The van der Waals surface area contributed by atoms with Crippen molar-refractivity contribution in [3.63, 3.8) is 0 Å². The number of carbonyl (C=O) groups is 2. The van der Waals surface area contributed by atoms with Crippen molar-refractivity contribution < 1.29 is 14.3 Å². The molecular formula is C29H29N5O3S. The van der Waals surface area contributed by atoms with Gasteiger partial charge in [0.1, 0.15) is 21.2 Å². The van der Waals surface area contributed by atoms with E-state index >= 15 is 0 Å². The molecular weight excluding hydrogens is 498 g/mol. The molecule has 0 saturated carbocycles. The zero-order valence-corrected chi connectivity index (χ0v) is 22.4. The molecule has 0 spiro atoms. The molecule has 6 rings (SSSR count). The molecule has 2 aliphatic rings. The predicted octanol–water partition coefficient (Wildman–Crippen LogP) is 5.91. The molecule has 38 heavy (non-hydrogen) atoms. The minimum Gasteiger partial charge on any atom is -0.457 e. The number of pyridine rings is 1. The van der Waals surface area contributed by atoms with Crippen LogP contribution in [0.3, 0.4) is 0 Å². The van der Waals surface area contributed by atoms with Gasteiger partial charge in [0.25, 0.3) is 5.91 Å². The number of aryl methyl sites for hydroxylation is 1. The van der Waals surface area contributed by atoms with Crippen LogP contribution >= 0.6 is 11.3 Å². The fourth-order valence-electron chi connectivity index (χ4n) is 5.71. The second-order valence-electron chi connectivity index (χ2n) is 10.1. The van der Waals surface area contributed by atoms with Crippen LogP contribution < -0.4 is 20.3 Å². The van der Waals surface area contributed by atoms with Crippen LogP contribution in [0.25, 0.3) is 10.2 Å². The Kier molecular flexibility index (Phi) is 6.04. The van der Waals surface area contributed by atoms with Gasteiger partial charge in [0, 0.05) is 18.8 Å². The highest BCUT2D eigenvalue weighted by molar-refractivity contribution is 7.21. The first kappa shape index (κ1) is 24.4. The largest absolute Gasteiger partial charge is 0.457 e. The van der Waals surface area contributed by atoms with Crippen molar-refractivity contribution in [3.05, 3.63) is 71.2 Å². The monoisotopic (exact) mass is 527 g/mol. The Balaban J connectivity index is 1.50. The van der Waals surface area contributed by atoms with Gasteiger partial charge in [-0.1, -0.05) is 25.1 Å². The predicted molar refractivity (Wildman–Crippen MR) is 151 cm³/mol. The molecule has 2 aromatic heterocycles. The summed E-state index contributed by atoms with van der Waals surface area (Å²) in [7, 11) is 2.09. The highest BCUT2D eigenvalue weighted by atomic mass is 32.1. The number of primary amides is 1. The molecule has 8 nitrogen and oxygen atoms in total. The molecule has 3 amide bonds. The summed E-state index contributed by atoms with van der Waals surface area (Å²) in [6.07, 6.45) is 2.48. The number of likely N-dealkylation sites (tertiary alicyclic amines) is 1. The number of piperidine rings is 1. The number of thiophene rings is 1. The Morgan fingerprint density at radius 2 is 1.89 bits per heavy atom. The lowest BCUT2D eigenvalue weighted by Crippen LogP contribution is -2.56. The number of anilines is 3. The van der Waals surface area contributed by atoms with E-state index in [1.165, 1.54) is 11.3 Å². The molecule has 194 valence electrons. The lowest BCUT2D eigenvalue weighted by atomic mass is 9.91. The molecule has 2 unspecified atom stereocenters. The maximum atomic E-state index is 14.5. The van der Waals surface area contributed by atoms with Crippen LogP contribution in [0.5, 0.6) is 11.5 Å². The minimum absolute atomic E-state index is 0.0774. The molecule has 4 heterocycles. The molecule has 2 aliphatic heterocycles. The lowest BCUT2D eigenvalue weighted by molar-refractivity contribution is 0.100. The molecule has 0 radical (unpaired) electrons. The van der Waals surface area contributed by atoms with E-state index in [2.05, 4.69) is 23.9 Å². The Labute approximate surface area is 225 Å². The molecule has 4 aromatic rings. The first-order chi connectivity index (χ1) is 18.3. The Morgan fingerprint density at radius 1 is 1.11 bits per heavy atom. The number of rotatable bonds is 5. The fraction of sp³-hybridized carbons (Fsp3) is 0.276. The van der Waals surface area contributed by atoms with E-state index in [-0.39, 0.29) is 18.0 Å². The average Bonchev–Trinajstić information content (AvgIpc) is 3.28. The number of hydrogen-bond acceptors (Lipinski definition) is 6. The standard InChI is InChI=1S/C29H29N5O3S/c1-17-15-20(37-19-7-5-4-6-8-19)9-10-21(17)33-23-11-13-31-28-24(23)25(26(38-28)27(30)35)34(29(33)36)22-12-14-32(3)16-18(22)2/h4-11,13,15,18,22H,12,14,16H2,1-3H3,(H2,30,35). The summed E-state index contributed by atoms with van der Waals surface area (Å²) in [5, 5.41) is 0.793. The van der Waals surface area contributed by atoms with E-state index in [4.69, 9.17) is 10.5 Å². The summed E-state index contributed by atoms with van der Waals surface area (Å²) in [5.41, 5.74) is 8.79. The Bertz CT molecular complexity index is 1550. The van der Waals surface area contributed by atoms with Crippen molar-refractivity contribution in [2.45, 2.75) is 26.3 Å². The minimum atomic E-state index is -0.542. The van der Waals surface area contributed by atoms with Crippen molar-refractivity contribution in [3.8, 4) is 11.5 Å². The maximum Gasteiger partial charge on any atom is 0.333 e. The summed E-state index contributed by atoms with van der Waals surface area (Å²) in [5.74, 6) is 1.10. The van der Waals surface area contributed by atoms with Gasteiger partial charge in [-0.3, -0.25) is 14.6 Å². The highest BCUT2D eigenvalue weighted by Gasteiger charge is 2.44. The number of para-hydroxylation sites is 1. The summed E-state index contributed by atoms with van der Waals surface area (Å²) in [4.78, 5) is 38.5. The van der Waals surface area contributed by atoms with Crippen LogP contribution in [-0.4, -0.2) is 48.0 Å². The van der Waals surface area contributed by atoms with E-state index < -0.39 is 5.91 Å². The van der Waals surface area contributed by atoms with Crippen molar-refractivity contribution >= 4 is 50.6 Å². The van der Waals surface area contributed by atoms with Gasteiger partial charge in [-0.2, -0.15) is 0 Å². The van der Waals surface area contributed by atoms with Crippen LogP contribution in [0.4, 0.5) is 21.9 Å². The maximum absolute atomic E-state index is 14.5. The fourth-order valence-corrected chi connectivity index (χ4v) is 6.72. The number of nitrogens with zero attached hydrogens (tertiary/aromatic N) is 4. The van der Waals surface area contributed by atoms with Gasteiger partial charge in [-0.15, -0.1) is 11.3 Å². The normalized spacial score (nSPS) is 19.7. The molecule has 2 N–H and O–H groups in total. The summed E-state index contributed by atoms with van der Waals surface area (Å²) in [6.45, 7) is 5.85. The van der Waals surface area contributed by atoms with E-state index in [1.54, 1.807) is 11.1 Å². The van der Waals surface area contributed by atoms with Crippen molar-refractivity contribution in [1.29, 1.82) is 0 Å². The van der Waals surface area contributed by atoms with Crippen LogP contribution in [0.15, 0.2) is 60.8 Å². The summed E-state index contributed by atoms with van der Waals surface area (Å²) < 4.78 is 6.03. The van der Waals surface area contributed by atoms with Gasteiger partial charge in [0.15, 0.2) is 0 Å². The second-order valence-corrected chi connectivity index (χ2v) is 11.1. The number of carbonyl (C=O) groups excluding carboxylic acids is 2. The number of nitrogens with two attached hydrogens (primary N) is 1. The number of hydrogen-bond donors (Lipinski definition) is 1. The lowest BCUT2D eigenvalue weighted by Gasteiger charge is -2.45. The smallest absolute Gasteiger partial charge is 0.333 e. The van der Waals surface area contributed by atoms with Gasteiger partial charge in [0.2, 0.25) is 0 Å². The molecule has 0 bridgehead atoms. The van der Waals surface area contributed by atoms with Gasteiger partial charge in [0.05, 0.1) is 22.4 Å². The Morgan fingerprint density at radius 3 is 2.61 bits per heavy atom. The topological polar surface area (TPSA) is 92.0 Å². The molecule has 0 aliphatic carbocycles. The molecule has 9 heteroatoms. The summed E-state index contributed by atoms with van der Waals surface area (Å²) >= 11 is 1.25. The number of amides is 3. The second kappa shape index (κ2) is 9.41. The first-order valence-electron chi connectivity index (χ1n) is 12.7. The Hall–Kier alpha value is -3.95. The van der Waals surface area contributed by atoms with Crippen molar-refractivity contribution in [2.24, 2.45) is 11.7 Å². The highest BCUT2D eigenvalue weighted by Crippen LogP contribution is 2.50. The SMILES string of the molecule is Cc1cc(Oc2ccccc2)ccc1N1C(=O)N(C2CCN(C)CC2C)c2c(C(N)=O)sc3nccc1c23. The van der Waals surface area contributed by atoms with Crippen LogP contribution in [0.2, 0.25) is 0 Å². The van der Waals surface area contributed by atoms with Gasteiger partial charge >= 0.3 is 6.03 Å². The molecule has 1 fully saturated rings. The van der Waals surface area contributed by atoms with Crippen molar-refractivity contribution in [2.75, 3.05) is 29.9 Å². The van der Waals surface area contributed by atoms with E-state index in [0.717, 1.165) is 41.9 Å². The van der Waals surface area contributed by atoms with E-state index in [1.807, 2.05) is 66.4 Å². The van der Waals surface area contributed by atoms with E-state index in [9.17, 15) is 9.59 Å². The quantitative estimate of drug-likeness (QED) is 0.348. The summed E-state index contributed by atoms with van der Waals surface area (Å²) in [6, 6.07) is 16.9. The third-order valence-corrected chi connectivity index (χ3v) is 8.53.